The van der Waals surface area contributed by atoms with E-state index in [1.165, 1.54) is 38.6 Å². The van der Waals surface area contributed by atoms with E-state index < -0.39 is 0 Å². The van der Waals surface area contributed by atoms with E-state index >= 15 is 0 Å². The van der Waals surface area contributed by atoms with Crippen molar-refractivity contribution in [1.82, 2.24) is 24.8 Å². The molecule has 2 aromatic rings. The second-order valence-corrected chi connectivity index (χ2v) is 7.50. The molecule has 0 unspecified atom stereocenters. The van der Waals surface area contributed by atoms with Gasteiger partial charge in [-0.1, -0.05) is 19.3 Å². The first-order valence-electron chi connectivity index (χ1n) is 9.61. The molecule has 1 amide bonds. The van der Waals surface area contributed by atoms with Crippen molar-refractivity contribution in [2.45, 2.75) is 51.0 Å². The average Bonchev–Trinajstić information content (AvgIpc) is 3.08. The van der Waals surface area contributed by atoms with Gasteiger partial charge in [-0.3, -0.25) is 4.79 Å². The molecule has 0 atom stereocenters. The highest BCUT2D eigenvalue weighted by Crippen LogP contribution is 2.25. The van der Waals surface area contributed by atoms with Crippen molar-refractivity contribution in [1.29, 1.82) is 0 Å². The van der Waals surface area contributed by atoms with E-state index in [1.54, 1.807) is 16.9 Å². The lowest BCUT2D eigenvalue weighted by molar-refractivity contribution is 0.0903. The van der Waals surface area contributed by atoms with Gasteiger partial charge in [0.2, 0.25) is 0 Å². The summed E-state index contributed by atoms with van der Waals surface area (Å²) in [7, 11) is 0. The van der Waals surface area contributed by atoms with Gasteiger partial charge in [-0.05, 0) is 37.7 Å². The first-order valence-corrected chi connectivity index (χ1v) is 9.61. The van der Waals surface area contributed by atoms with E-state index in [4.69, 9.17) is 0 Å². The Morgan fingerprint density at radius 2 is 1.96 bits per heavy atom. The van der Waals surface area contributed by atoms with E-state index in [1.807, 2.05) is 12.3 Å². The first-order chi connectivity index (χ1) is 12.3. The molecule has 1 N–H and O–H groups in total. The van der Waals surface area contributed by atoms with E-state index in [9.17, 15) is 4.79 Å². The number of rotatable bonds is 4. The lowest BCUT2D eigenvalue weighted by atomic mass is 9.88. The molecule has 1 saturated heterocycles. The Balaban J connectivity index is 1.29. The number of fused-ring (bicyclic) bond motifs is 1. The highest BCUT2D eigenvalue weighted by Gasteiger charge is 2.24. The summed E-state index contributed by atoms with van der Waals surface area (Å²) in [5, 5.41) is 7.37. The Kier molecular flexibility index (Phi) is 4.97. The number of nitrogens with one attached hydrogen (secondary N) is 1. The van der Waals surface area contributed by atoms with Crippen molar-refractivity contribution in [3.63, 3.8) is 0 Å². The molecule has 0 bridgehead atoms. The predicted molar refractivity (Wildman–Crippen MR) is 96.5 cm³/mol. The summed E-state index contributed by atoms with van der Waals surface area (Å²) in [4.78, 5) is 19.4. The van der Waals surface area contributed by atoms with Crippen molar-refractivity contribution in [3.05, 3.63) is 30.2 Å². The van der Waals surface area contributed by atoms with Crippen molar-refractivity contribution >= 4 is 11.6 Å². The number of carbonyl (C=O) groups is 1. The third-order valence-corrected chi connectivity index (χ3v) is 5.69. The Labute approximate surface area is 148 Å². The Bertz CT molecular complexity index is 713. The normalized spacial score (nSPS) is 20.8. The Hall–Kier alpha value is -1.95. The maximum atomic E-state index is 12.6. The van der Waals surface area contributed by atoms with Gasteiger partial charge in [0.1, 0.15) is 5.56 Å². The number of likely N-dealkylation sites (tertiary alicyclic amines) is 1. The Morgan fingerprint density at radius 1 is 1.16 bits per heavy atom. The van der Waals surface area contributed by atoms with Gasteiger partial charge < -0.3 is 10.2 Å². The van der Waals surface area contributed by atoms with E-state index in [0.29, 0.717) is 11.2 Å². The number of hydrogen-bond acceptors (Lipinski definition) is 4. The third-order valence-electron chi connectivity index (χ3n) is 5.69. The minimum Gasteiger partial charge on any atom is -0.349 e. The standard InChI is InChI=1S/C19H27N5O/c25-19(17-13-21-24-10-4-9-20-18(17)24)22-16-7-11-23(12-8-16)14-15-5-2-1-3-6-15/h4,9-10,13,15-16H,1-3,5-8,11-12,14H2,(H,22,25). The van der Waals surface area contributed by atoms with Gasteiger partial charge in [0.05, 0.1) is 6.20 Å². The largest absolute Gasteiger partial charge is 0.349 e. The molecule has 3 heterocycles. The summed E-state index contributed by atoms with van der Waals surface area (Å²) in [5.74, 6) is 0.837. The lowest BCUT2D eigenvalue weighted by Crippen LogP contribution is -2.45. The number of amides is 1. The van der Waals surface area contributed by atoms with Crippen molar-refractivity contribution in [2.24, 2.45) is 5.92 Å². The van der Waals surface area contributed by atoms with Gasteiger partial charge in [-0.2, -0.15) is 5.10 Å². The van der Waals surface area contributed by atoms with Crippen LogP contribution in [0.5, 0.6) is 0 Å². The minimum absolute atomic E-state index is 0.0561. The van der Waals surface area contributed by atoms with Crippen LogP contribution in [0.3, 0.4) is 0 Å². The van der Waals surface area contributed by atoms with Crippen LogP contribution in [0.4, 0.5) is 0 Å². The van der Waals surface area contributed by atoms with Crippen LogP contribution in [0.1, 0.15) is 55.3 Å². The highest BCUT2D eigenvalue weighted by molar-refractivity contribution is 5.99. The summed E-state index contributed by atoms with van der Waals surface area (Å²) >= 11 is 0. The van der Waals surface area contributed by atoms with E-state index in [2.05, 4.69) is 20.3 Å². The zero-order valence-corrected chi connectivity index (χ0v) is 14.7. The molecule has 2 aromatic heterocycles. The number of piperidine rings is 1. The summed E-state index contributed by atoms with van der Waals surface area (Å²) in [6, 6.07) is 2.07. The quantitative estimate of drug-likeness (QED) is 0.928. The second kappa shape index (κ2) is 7.52. The van der Waals surface area contributed by atoms with Crippen LogP contribution in [0.2, 0.25) is 0 Å². The molecule has 1 aliphatic carbocycles. The molecular formula is C19H27N5O. The summed E-state index contributed by atoms with van der Waals surface area (Å²) in [5.41, 5.74) is 1.18. The van der Waals surface area contributed by atoms with Gasteiger partial charge in [-0.15, -0.1) is 0 Å². The van der Waals surface area contributed by atoms with Crippen LogP contribution in [0.15, 0.2) is 24.7 Å². The SMILES string of the molecule is O=C(NC1CCN(CC2CCCCC2)CC1)c1cnn2cccnc12. The van der Waals surface area contributed by atoms with Gasteiger partial charge in [0.15, 0.2) is 5.65 Å². The van der Waals surface area contributed by atoms with E-state index in [0.717, 1.165) is 31.8 Å². The molecule has 6 heteroatoms. The fourth-order valence-corrected chi connectivity index (χ4v) is 4.25. The fourth-order valence-electron chi connectivity index (χ4n) is 4.25. The van der Waals surface area contributed by atoms with Crippen molar-refractivity contribution in [3.8, 4) is 0 Å². The second-order valence-electron chi connectivity index (χ2n) is 7.50. The monoisotopic (exact) mass is 341 g/mol. The summed E-state index contributed by atoms with van der Waals surface area (Å²) < 4.78 is 1.64. The summed E-state index contributed by atoms with van der Waals surface area (Å²) in [6.07, 6.45) is 14.2. The lowest BCUT2D eigenvalue weighted by Gasteiger charge is -2.35. The van der Waals surface area contributed by atoms with E-state index in [-0.39, 0.29) is 11.9 Å². The third kappa shape index (κ3) is 3.84. The molecule has 0 spiro atoms. The smallest absolute Gasteiger partial charge is 0.256 e. The Morgan fingerprint density at radius 3 is 2.76 bits per heavy atom. The number of aromatic nitrogens is 3. The fraction of sp³-hybridized carbons (Fsp3) is 0.632. The molecule has 0 aromatic carbocycles. The highest BCUT2D eigenvalue weighted by atomic mass is 16.1. The van der Waals surface area contributed by atoms with Crippen LogP contribution in [-0.2, 0) is 0 Å². The van der Waals surface area contributed by atoms with Gasteiger partial charge in [0.25, 0.3) is 5.91 Å². The zero-order valence-electron chi connectivity index (χ0n) is 14.7. The summed E-state index contributed by atoms with van der Waals surface area (Å²) in [6.45, 7) is 3.43. The molecule has 2 fully saturated rings. The molecule has 6 nitrogen and oxygen atoms in total. The molecular weight excluding hydrogens is 314 g/mol. The van der Waals surface area contributed by atoms with Gasteiger partial charge >= 0.3 is 0 Å². The van der Waals surface area contributed by atoms with Crippen LogP contribution >= 0.6 is 0 Å². The number of carbonyl (C=O) groups excluding carboxylic acids is 1. The molecule has 0 radical (unpaired) electrons. The van der Waals surface area contributed by atoms with Gasteiger partial charge in [0, 0.05) is 38.1 Å². The first kappa shape index (κ1) is 16.5. The predicted octanol–water partition coefficient (Wildman–Crippen LogP) is 2.50. The molecule has 1 saturated carbocycles. The molecule has 25 heavy (non-hydrogen) atoms. The molecule has 4 rings (SSSR count). The topological polar surface area (TPSA) is 62.5 Å². The number of nitrogens with zero attached hydrogens (tertiary/aromatic N) is 4. The molecule has 134 valence electrons. The van der Waals surface area contributed by atoms with Gasteiger partial charge in [-0.25, -0.2) is 9.50 Å². The average molecular weight is 341 g/mol. The minimum atomic E-state index is -0.0561. The number of hydrogen-bond donors (Lipinski definition) is 1. The zero-order chi connectivity index (χ0) is 17.1. The van der Waals surface area contributed by atoms with Crippen LogP contribution in [-0.4, -0.2) is 51.1 Å². The molecule has 2 aliphatic rings. The van der Waals surface area contributed by atoms with Crippen molar-refractivity contribution < 1.29 is 4.79 Å². The van der Waals surface area contributed by atoms with Crippen LogP contribution < -0.4 is 5.32 Å². The van der Waals surface area contributed by atoms with Crippen molar-refractivity contribution in [2.75, 3.05) is 19.6 Å². The van der Waals surface area contributed by atoms with Crippen LogP contribution in [0.25, 0.3) is 5.65 Å². The maximum Gasteiger partial charge on any atom is 0.256 e. The van der Waals surface area contributed by atoms with Crippen LogP contribution in [0, 0.1) is 5.92 Å². The maximum absolute atomic E-state index is 12.6. The molecule has 1 aliphatic heterocycles.